The van der Waals surface area contributed by atoms with Crippen molar-refractivity contribution in [3.63, 3.8) is 0 Å². The maximum atomic E-state index is 6.39. The molecule has 0 unspecified atom stereocenters. The van der Waals surface area contributed by atoms with Crippen LogP contribution in [-0.2, 0) is 6.42 Å². The van der Waals surface area contributed by atoms with Crippen molar-refractivity contribution in [3.05, 3.63) is 76.9 Å². The molecule has 0 amide bonds. The van der Waals surface area contributed by atoms with Gasteiger partial charge in [0.05, 0.1) is 26.4 Å². The van der Waals surface area contributed by atoms with Crippen LogP contribution in [0.15, 0.2) is 54.6 Å². The van der Waals surface area contributed by atoms with Crippen molar-refractivity contribution in [2.24, 2.45) is 0 Å². The number of unbranched alkanes of at least 4 members (excludes halogenated alkanes) is 1. The second-order valence-corrected chi connectivity index (χ2v) is 9.33. The molecule has 6 rings (SSSR count). The highest BCUT2D eigenvalue weighted by Gasteiger charge is 2.34. The predicted molar refractivity (Wildman–Crippen MR) is 139 cm³/mol. The maximum absolute atomic E-state index is 6.39. The third-order valence-electron chi connectivity index (χ3n) is 7.19. The zero-order valence-electron chi connectivity index (χ0n) is 20.8. The van der Waals surface area contributed by atoms with Gasteiger partial charge in [-0.1, -0.05) is 24.3 Å². The molecule has 3 aromatic rings. The van der Waals surface area contributed by atoms with Gasteiger partial charge in [0.1, 0.15) is 5.75 Å². The number of methoxy groups -OCH3 is 1. The van der Waals surface area contributed by atoms with Crippen LogP contribution in [0.3, 0.4) is 0 Å². The topological polar surface area (TPSA) is 49.4 Å². The Morgan fingerprint density at radius 2 is 1.72 bits per heavy atom. The van der Waals surface area contributed by atoms with E-state index >= 15 is 0 Å². The minimum Gasteiger partial charge on any atom is -0.494 e. The number of hydrogen-bond acceptors (Lipinski definition) is 6. The van der Waals surface area contributed by atoms with Gasteiger partial charge in [0.2, 0.25) is 6.79 Å². The van der Waals surface area contributed by atoms with Gasteiger partial charge in [0.25, 0.3) is 0 Å². The quantitative estimate of drug-likeness (QED) is 0.360. The number of hydrogen-bond donors (Lipinski definition) is 0. The van der Waals surface area contributed by atoms with E-state index in [0.717, 1.165) is 54.6 Å². The molecule has 6 nitrogen and oxygen atoms in total. The first-order valence-electron chi connectivity index (χ1n) is 12.7. The van der Waals surface area contributed by atoms with Gasteiger partial charge in [-0.3, -0.25) is 0 Å². The predicted octanol–water partition coefficient (Wildman–Crippen LogP) is 6.09. The highest BCUT2D eigenvalue weighted by Crippen LogP contribution is 2.49. The van der Waals surface area contributed by atoms with Crippen molar-refractivity contribution in [1.82, 2.24) is 4.90 Å². The minimum atomic E-state index is 0.157. The summed E-state index contributed by atoms with van der Waals surface area (Å²) in [6.45, 7) is 4.77. The summed E-state index contributed by atoms with van der Waals surface area (Å²) in [5.74, 6) is 4.20. The number of benzene rings is 3. The number of fused-ring (bicyclic) bond motifs is 5. The second-order valence-electron chi connectivity index (χ2n) is 9.33. The average Bonchev–Trinajstić information content (AvgIpc) is 3.37. The molecule has 6 heteroatoms. The van der Waals surface area contributed by atoms with E-state index in [2.05, 4.69) is 36.1 Å². The molecule has 186 valence electrons. The summed E-state index contributed by atoms with van der Waals surface area (Å²) in [6.07, 6.45) is 5.06. The van der Waals surface area contributed by atoms with E-state index in [1.54, 1.807) is 7.11 Å². The Bertz CT molecular complexity index is 1290. The summed E-state index contributed by atoms with van der Waals surface area (Å²) in [4.78, 5) is 2.47. The number of nitrogens with zero attached hydrogens (tertiary/aromatic N) is 1. The lowest BCUT2D eigenvalue weighted by molar-refractivity contribution is 0.174. The van der Waals surface area contributed by atoms with Crippen molar-refractivity contribution in [1.29, 1.82) is 0 Å². The van der Waals surface area contributed by atoms with Crippen LogP contribution in [0, 0.1) is 0 Å². The number of ether oxygens (including phenoxy) is 5. The Kier molecular flexibility index (Phi) is 6.09. The van der Waals surface area contributed by atoms with Gasteiger partial charge in [-0.2, -0.15) is 0 Å². The van der Waals surface area contributed by atoms with Crippen molar-refractivity contribution in [3.8, 4) is 28.7 Å². The summed E-state index contributed by atoms with van der Waals surface area (Å²) in [7, 11) is 1.71. The molecule has 0 spiro atoms. The Morgan fingerprint density at radius 1 is 0.944 bits per heavy atom. The fourth-order valence-corrected chi connectivity index (χ4v) is 5.36. The van der Waals surface area contributed by atoms with Crippen molar-refractivity contribution in [2.45, 2.75) is 32.2 Å². The first-order valence-corrected chi connectivity index (χ1v) is 12.7. The first kappa shape index (κ1) is 22.7. The molecule has 3 heterocycles. The molecule has 3 aliphatic heterocycles. The molecular formula is C30H31NO5. The molecule has 0 N–H and O–H groups in total. The SMILES string of the molecule is COc1ccc2c(c1OCCCCOc1ccccc1)[C@H](C)N1CCc3cc4c(cc3C1=C2)OCO4. The Hall–Kier alpha value is -3.80. The lowest BCUT2D eigenvalue weighted by atomic mass is 9.86. The largest absolute Gasteiger partial charge is 0.494 e. The van der Waals surface area contributed by atoms with Crippen molar-refractivity contribution >= 4 is 11.8 Å². The Labute approximate surface area is 212 Å². The number of para-hydroxylation sites is 1. The van der Waals surface area contributed by atoms with Crippen LogP contribution in [-0.4, -0.2) is 38.6 Å². The van der Waals surface area contributed by atoms with E-state index in [9.17, 15) is 0 Å². The highest BCUT2D eigenvalue weighted by atomic mass is 16.7. The number of rotatable bonds is 8. The van der Waals surface area contributed by atoms with E-state index in [1.807, 2.05) is 36.4 Å². The van der Waals surface area contributed by atoms with Crippen LogP contribution in [0.4, 0.5) is 0 Å². The van der Waals surface area contributed by atoms with Gasteiger partial charge >= 0.3 is 0 Å². The van der Waals surface area contributed by atoms with Crippen LogP contribution >= 0.6 is 0 Å². The van der Waals surface area contributed by atoms with E-state index in [1.165, 1.54) is 28.0 Å². The van der Waals surface area contributed by atoms with Crippen LogP contribution in [0.5, 0.6) is 28.7 Å². The van der Waals surface area contributed by atoms with Gasteiger partial charge in [0, 0.05) is 23.4 Å². The van der Waals surface area contributed by atoms with Gasteiger partial charge < -0.3 is 28.6 Å². The molecular weight excluding hydrogens is 454 g/mol. The lowest BCUT2D eigenvalue weighted by Crippen LogP contribution is -2.34. The van der Waals surface area contributed by atoms with E-state index < -0.39 is 0 Å². The van der Waals surface area contributed by atoms with Gasteiger partial charge in [-0.15, -0.1) is 0 Å². The van der Waals surface area contributed by atoms with Crippen molar-refractivity contribution in [2.75, 3.05) is 33.7 Å². The summed E-state index contributed by atoms with van der Waals surface area (Å²) < 4.78 is 29.2. The average molecular weight is 486 g/mol. The Morgan fingerprint density at radius 3 is 2.53 bits per heavy atom. The monoisotopic (exact) mass is 485 g/mol. The summed E-state index contributed by atoms with van der Waals surface area (Å²) in [5, 5.41) is 0. The minimum absolute atomic E-state index is 0.157. The molecule has 3 aliphatic rings. The molecule has 0 bridgehead atoms. The van der Waals surface area contributed by atoms with Gasteiger partial charge in [-0.05, 0) is 73.7 Å². The molecule has 0 radical (unpaired) electrons. The maximum Gasteiger partial charge on any atom is 0.231 e. The molecule has 0 aromatic heterocycles. The van der Waals surface area contributed by atoms with Crippen LogP contribution < -0.4 is 23.7 Å². The molecule has 0 saturated heterocycles. The fraction of sp³-hybridized carbons (Fsp3) is 0.333. The van der Waals surface area contributed by atoms with Crippen LogP contribution in [0.25, 0.3) is 11.8 Å². The van der Waals surface area contributed by atoms with Crippen LogP contribution in [0.2, 0.25) is 0 Å². The third-order valence-corrected chi connectivity index (χ3v) is 7.19. The molecule has 0 saturated carbocycles. The fourth-order valence-electron chi connectivity index (χ4n) is 5.36. The molecule has 3 aromatic carbocycles. The molecule has 1 atom stereocenters. The smallest absolute Gasteiger partial charge is 0.231 e. The van der Waals surface area contributed by atoms with E-state index in [4.69, 9.17) is 23.7 Å². The summed E-state index contributed by atoms with van der Waals surface area (Å²) in [6, 6.07) is 18.5. The van der Waals surface area contributed by atoms with Gasteiger partial charge in [0.15, 0.2) is 23.0 Å². The lowest BCUT2D eigenvalue weighted by Gasteiger charge is -2.42. The first-order chi connectivity index (χ1) is 17.7. The molecule has 0 fully saturated rings. The summed E-state index contributed by atoms with van der Waals surface area (Å²) >= 11 is 0. The standard InChI is InChI=1S/C30H31NO5/c1-20-29-22(16-25-24-18-28-27(35-19-36-28)17-21(24)12-13-31(20)25)10-11-26(32-2)30(29)34-15-7-6-14-33-23-8-4-3-5-9-23/h3-5,8-11,16-18,20H,6-7,12-15,19H2,1-2H3/t20-/m0/s1. The Balaban J connectivity index is 1.21. The van der Waals surface area contributed by atoms with Crippen LogP contribution in [0.1, 0.15) is 48.1 Å². The third kappa shape index (κ3) is 4.11. The van der Waals surface area contributed by atoms with E-state index in [0.29, 0.717) is 20.0 Å². The van der Waals surface area contributed by atoms with Gasteiger partial charge in [-0.25, -0.2) is 0 Å². The normalized spacial score (nSPS) is 17.0. The van der Waals surface area contributed by atoms with Crippen molar-refractivity contribution < 1.29 is 23.7 Å². The zero-order valence-corrected chi connectivity index (χ0v) is 20.8. The summed E-state index contributed by atoms with van der Waals surface area (Å²) in [5.41, 5.74) is 6.11. The zero-order chi connectivity index (χ0) is 24.5. The molecule has 36 heavy (non-hydrogen) atoms. The van der Waals surface area contributed by atoms with E-state index in [-0.39, 0.29) is 6.04 Å². The highest BCUT2D eigenvalue weighted by molar-refractivity contribution is 5.88. The second kappa shape index (κ2) is 9.69. The molecule has 0 aliphatic carbocycles.